The van der Waals surface area contributed by atoms with Crippen LogP contribution in [0.2, 0.25) is 0 Å². The van der Waals surface area contributed by atoms with Crippen molar-refractivity contribution in [2.45, 2.75) is 19.6 Å². The van der Waals surface area contributed by atoms with Crippen molar-refractivity contribution in [3.63, 3.8) is 0 Å². The second kappa shape index (κ2) is 10.4. The normalized spacial score (nSPS) is 15.1. The van der Waals surface area contributed by atoms with E-state index >= 15 is 0 Å². The van der Waals surface area contributed by atoms with Crippen molar-refractivity contribution >= 4 is 12.0 Å². The molecule has 0 fully saturated rings. The summed E-state index contributed by atoms with van der Waals surface area (Å²) in [6, 6.07) is 25.4. The summed E-state index contributed by atoms with van der Waals surface area (Å²) in [6.07, 6.45) is 1.84. The first-order valence-electron chi connectivity index (χ1n) is 11.8. The summed E-state index contributed by atoms with van der Waals surface area (Å²) in [7, 11) is 1.61. The van der Waals surface area contributed by atoms with E-state index in [1.165, 1.54) is 0 Å². The molecule has 1 atom stereocenters. The molecule has 8 heteroatoms. The first-order valence-corrected chi connectivity index (χ1v) is 11.8. The second-order valence-corrected chi connectivity index (χ2v) is 8.57. The van der Waals surface area contributed by atoms with Crippen LogP contribution in [0.5, 0.6) is 5.75 Å². The largest absolute Gasteiger partial charge is 0.497 e. The van der Waals surface area contributed by atoms with E-state index in [4.69, 9.17) is 14.6 Å². The summed E-state index contributed by atoms with van der Waals surface area (Å²) >= 11 is 0. The van der Waals surface area contributed by atoms with Crippen LogP contribution < -0.4 is 15.4 Å². The minimum atomic E-state index is -0.772. The second-order valence-electron chi connectivity index (χ2n) is 8.57. The predicted molar refractivity (Wildman–Crippen MR) is 139 cm³/mol. The van der Waals surface area contributed by atoms with Gasteiger partial charge in [0.2, 0.25) is 0 Å². The van der Waals surface area contributed by atoms with E-state index in [1.54, 1.807) is 18.7 Å². The van der Waals surface area contributed by atoms with Crippen molar-refractivity contribution in [3.8, 4) is 22.7 Å². The number of aromatic nitrogens is 2. The summed E-state index contributed by atoms with van der Waals surface area (Å²) in [5.41, 5.74) is 4.56. The number of carbonyl (C=O) groups excluding carboxylic acids is 2. The first kappa shape index (κ1) is 23.9. The Bertz CT molecular complexity index is 1440. The van der Waals surface area contributed by atoms with Gasteiger partial charge in [-0.3, -0.25) is 0 Å². The minimum Gasteiger partial charge on any atom is -0.497 e. The Morgan fingerprint density at radius 2 is 1.65 bits per heavy atom. The average molecular weight is 495 g/mol. The maximum atomic E-state index is 13.4. The van der Waals surface area contributed by atoms with Gasteiger partial charge >= 0.3 is 12.0 Å². The molecule has 0 aliphatic carbocycles. The Hall–Kier alpha value is -4.85. The molecule has 1 aromatic heterocycles. The minimum absolute atomic E-state index is 0.117. The Balaban J connectivity index is 1.57. The zero-order valence-electron chi connectivity index (χ0n) is 20.5. The van der Waals surface area contributed by atoms with Crippen LogP contribution in [0.25, 0.3) is 16.9 Å². The number of amides is 2. The highest BCUT2D eigenvalue weighted by atomic mass is 16.5. The molecule has 5 rings (SSSR count). The molecule has 1 aliphatic heterocycles. The van der Waals surface area contributed by atoms with Gasteiger partial charge in [-0.1, -0.05) is 48.5 Å². The number of benzene rings is 3. The van der Waals surface area contributed by atoms with Gasteiger partial charge in [0.1, 0.15) is 12.4 Å². The van der Waals surface area contributed by atoms with Gasteiger partial charge in [-0.05, 0) is 48.9 Å². The maximum Gasteiger partial charge on any atom is 0.338 e. The Labute approximate surface area is 214 Å². The SMILES string of the molecule is COc1ccc(-c2nn(-c3ccccc3)cc2[C@H]2NC(=O)NC(C)=C2C(=O)OCc2ccccc2)cc1. The number of urea groups is 1. The zero-order chi connectivity index (χ0) is 25.8. The van der Waals surface area contributed by atoms with Crippen LogP contribution in [-0.2, 0) is 16.1 Å². The Kier molecular flexibility index (Phi) is 6.72. The summed E-state index contributed by atoms with van der Waals surface area (Å²) in [4.78, 5) is 25.9. The summed E-state index contributed by atoms with van der Waals surface area (Å²) in [5, 5.41) is 10.5. The third-order valence-electron chi connectivity index (χ3n) is 6.14. The lowest BCUT2D eigenvalue weighted by Gasteiger charge is -2.28. The predicted octanol–water partition coefficient (Wildman–Crippen LogP) is 4.92. The molecule has 186 valence electrons. The van der Waals surface area contributed by atoms with Gasteiger partial charge in [0.15, 0.2) is 0 Å². The first-order chi connectivity index (χ1) is 18.0. The molecule has 0 radical (unpaired) electrons. The lowest BCUT2D eigenvalue weighted by molar-refractivity contribution is -0.140. The smallest absolute Gasteiger partial charge is 0.338 e. The van der Waals surface area contributed by atoms with Crippen LogP contribution in [0.4, 0.5) is 4.79 Å². The molecule has 37 heavy (non-hydrogen) atoms. The number of methoxy groups -OCH3 is 1. The van der Waals surface area contributed by atoms with E-state index < -0.39 is 18.0 Å². The van der Waals surface area contributed by atoms with Crippen LogP contribution in [0.15, 0.2) is 102 Å². The van der Waals surface area contributed by atoms with E-state index in [1.807, 2.05) is 91.1 Å². The quantitative estimate of drug-likeness (QED) is 0.356. The van der Waals surface area contributed by atoms with Crippen molar-refractivity contribution in [2.24, 2.45) is 0 Å². The van der Waals surface area contributed by atoms with Gasteiger partial charge in [0.25, 0.3) is 0 Å². The van der Waals surface area contributed by atoms with Crippen molar-refractivity contribution in [3.05, 3.63) is 114 Å². The standard InChI is InChI=1S/C29H26N4O4/c1-19-25(28(34)37-18-20-9-5-3-6-10-20)27(31-29(35)30-19)24-17-33(22-11-7-4-8-12-22)32-26(24)21-13-15-23(36-2)16-14-21/h3-17,27H,18H2,1-2H3,(H2,30,31,35)/t27-/m1/s1. The summed E-state index contributed by atoms with van der Waals surface area (Å²) in [5.74, 6) is 0.191. The molecule has 0 spiro atoms. The molecule has 3 aromatic carbocycles. The highest BCUT2D eigenvalue weighted by Crippen LogP contribution is 2.35. The van der Waals surface area contributed by atoms with Gasteiger partial charge in [0.05, 0.1) is 30.1 Å². The molecule has 4 aromatic rings. The lowest BCUT2D eigenvalue weighted by Crippen LogP contribution is -2.45. The molecule has 2 amide bonds. The highest BCUT2D eigenvalue weighted by molar-refractivity contribution is 5.95. The topological polar surface area (TPSA) is 94.5 Å². The van der Waals surface area contributed by atoms with Gasteiger partial charge in [-0.15, -0.1) is 0 Å². The number of nitrogens with zero attached hydrogens (tertiary/aromatic N) is 2. The van der Waals surface area contributed by atoms with Crippen LogP contribution >= 0.6 is 0 Å². The van der Waals surface area contributed by atoms with Crippen LogP contribution in [-0.4, -0.2) is 28.9 Å². The van der Waals surface area contributed by atoms with Crippen molar-refractivity contribution in [1.82, 2.24) is 20.4 Å². The Morgan fingerprint density at radius 3 is 2.32 bits per heavy atom. The molecule has 1 aliphatic rings. The number of esters is 1. The number of hydrogen-bond donors (Lipinski definition) is 2. The monoisotopic (exact) mass is 494 g/mol. The van der Waals surface area contributed by atoms with E-state index in [0.717, 1.165) is 16.8 Å². The van der Waals surface area contributed by atoms with E-state index in [2.05, 4.69) is 10.6 Å². The highest BCUT2D eigenvalue weighted by Gasteiger charge is 2.35. The lowest BCUT2D eigenvalue weighted by atomic mass is 9.93. The molecule has 2 N–H and O–H groups in total. The molecule has 0 saturated carbocycles. The molecular weight excluding hydrogens is 468 g/mol. The van der Waals surface area contributed by atoms with E-state index in [9.17, 15) is 9.59 Å². The number of rotatable bonds is 7. The fourth-order valence-corrected chi connectivity index (χ4v) is 4.28. The molecular formula is C29H26N4O4. The van der Waals surface area contributed by atoms with Crippen molar-refractivity contribution < 1.29 is 19.1 Å². The molecule has 2 heterocycles. The van der Waals surface area contributed by atoms with Gasteiger partial charge in [-0.2, -0.15) is 5.10 Å². The molecule has 8 nitrogen and oxygen atoms in total. The number of hydrogen-bond acceptors (Lipinski definition) is 5. The number of ether oxygens (including phenoxy) is 2. The average Bonchev–Trinajstić information content (AvgIpc) is 3.38. The fraction of sp³-hybridized carbons (Fsp3) is 0.138. The Morgan fingerprint density at radius 1 is 0.973 bits per heavy atom. The van der Waals surface area contributed by atoms with Crippen LogP contribution in [0.1, 0.15) is 24.1 Å². The fourth-order valence-electron chi connectivity index (χ4n) is 4.28. The maximum absolute atomic E-state index is 13.4. The van der Waals surface area contributed by atoms with Gasteiger partial charge in [-0.25, -0.2) is 14.3 Å². The van der Waals surface area contributed by atoms with Crippen LogP contribution in [0.3, 0.4) is 0 Å². The molecule has 0 bridgehead atoms. The summed E-state index contributed by atoms with van der Waals surface area (Å²) < 4.78 is 12.7. The number of nitrogens with one attached hydrogen (secondary N) is 2. The third-order valence-corrected chi connectivity index (χ3v) is 6.14. The number of allylic oxidation sites excluding steroid dienone is 1. The van der Waals surface area contributed by atoms with Crippen molar-refractivity contribution in [2.75, 3.05) is 7.11 Å². The van der Waals surface area contributed by atoms with E-state index in [-0.39, 0.29) is 6.61 Å². The molecule has 0 unspecified atom stereocenters. The third kappa shape index (κ3) is 5.08. The van der Waals surface area contributed by atoms with Gasteiger partial charge < -0.3 is 20.1 Å². The number of carbonyl (C=O) groups is 2. The van der Waals surface area contributed by atoms with Crippen molar-refractivity contribution in [1.29, 1.82) is 0 Å². The van der Waals surface area contributed by atoms with E-state index in [0.29, 0.717) is 28.3 Å². The summed E-state index contributed by atoms with van der Waals surface area (Å²) in [6.45, 7) is 1.81. The number of para-hydroxylation sites is 1. The van der Waals surface area contributed by atoms with Gasteiger partial charge in [0, 0.05) is 23.0 Å². The zero-order valence-corrected chi connectivity index (χ0v) is 20.5. The molecule has 0 saturated heterocycles. The van der Waals surface area contributed by atoms with Crippen LogP contribution in [0, 0.1) is 0 Å².